The fraction of sp³-hybridized carbons (Fsp3) is 0.423. The molecule has 0 aliphatic heterocycles. The van der Waals surface area contributed by atoms with Gasteiger partial charge in [-0.05, 0) is 0 Å². The van der Waals surface area contributed by atoms with Crippen LogP contribution in [0.25, 0.3) is 11.1 Å². The molecule has 2 unspecified atom stereocenters. The number of aliphatic carboxylic acids is 1. The van der Waals surface area contributed by atoms with Gasteiger partial charge in [0.2, 0.25) is 0 Å². The molecule has 182 valence electrons. The third kappa shape index (κ3) is 7.10. The Labute approximate surface area is 206 Å². The number of unbranched alkanes of at least 4 members (excludes halogenated alkanes) is 1. The SMILES string of the molecule is CC(C)(C)OC(=O)NCCCCC([AsH]C(=O)OCC1c2ccccc2-c2ccccc21)C(=O)O. The Hall–Kier alpha value is -2.79. The summed E-state index contributed by atoms with van der Waals surface area (Å²) in [6.07, 6.45) is 1.09. The minimum atomic E-state index is -1.49. The van der Waals surface area contributed by atoms with Crippen LogP contribution in [0.3, 0.4) is 0 Å². The van der Waals surface area contributed by atoms with Gasteiger partial charge in [-0.25, -0.2) is 0 Å². The Morgan fingerprint density at radius 3 is 2.15 bits per heavy atom. The molecule has 1 aliphatic carbocycles. The molecule has 0 bridgehead atoms. The number of carbonyl (C=O) groups is 3. The maximum atomic E-state index is 12.5. The van der Waals surface area contributed by atoms with E-state index in [-0.39, 0.29) is 17.3 Å². The molecular formula is C26H32AsNO6. The van der Waals surface area contributed by atoms with Crippen LogP contribution in [0.5, 0.6) is 0 Å². The van der Waals surface area contributed by atoms with Gasteiger partial charge in [-0.15, -0.1) is 0 Å². The predicted molar refractivity (Wildman–Crippen MR) is 132 cm³/mol. The van der Waals surface area contributed by atoms with E-state index >= 15 is 0 Å². The molecule has 0 spiro atoms. The standard InChI is InChI=1S/C26H32AsNO6/c1-26(2,3)34-25(32)28-15-9-8-14-22(23(29)30)27-24(31)33-16-21-19-12-6-4-10-17(19)18-11-5-7-13-20(18)21/h4-7,10-13,21-22,27H,8-9,14-16H2,1-3H3,(H,28,32)(H,29,30). The van der Waals surface area contributed by atoms with Crippen molar-refractivity contribution in [3.05, 3.63) is 59.7 Å². The predicted octanol–water partition coefficient (Wildman–Crippen LogP) is 4.94. The maximum absolute atomic E-state index is 12.5. The van der Waals surface area contributed by atoms with Gasteiger partial charge in [-0.2, -0.15) is 0 Å². The van der Waals surface area contributed by atoms with Gasteiger partial charge in [-0.1, -0.05) is 0 Å². The number of carboxylic acid groups (broad SMARTS) is 1. The van der Waals surface area contributed by atoms with Crippen LogP contribution in [0.15, 0.2) is 48.5 Å². The molecule has 0 saturated heterocycles. The van der Waals surface area contributed by atoms with Crippen molar-refractivity contribution in [2.24, 2.45) is 0 Å². The van der Waals surface area contributed by atoms with Crippen molar-refractivity contribution in [3.63, 3.8) is 0 Å². The van der Waals surface area contributed by atoms with Crippen molar-refractivity contribution in [2.75, 3.05) is 13.2 Å². The van der Waals surface area contributed by atoms with E-state index in [1.807, 2.05) is 24.3 Å². The summed E-state index contributed by atoms with van der Waals surface area (Å²) in [5, 5.41) is 12.2. The number of carboxylic acids is 1. The molecule has 1 aliphatic rings. The van der Waals surface area contributed by atoms with Gasteiger partial charge in [-0.3, -0.25) is 0 Å². The molecule has 2 aromatic carbocycles. The molecule has 2 N–H and O–H groups in total. The average molecular weight is 529 g/mol. The first-order valence-corrected chi connectivity index (χ1v) is 13.7. The normalized spacial score (nSPS) is 13.9. The van der Waals surface area contributed by atoms with Crippen molar-refractivity contribution in [1.29, 1.82) is 0 Å². The minimum absolute atomic E-state index is 0.0369. The number of hydrogen-bond donors (Lipinski definition) is 2. The quantitative estimate of drug-likeness (QED) is 0.334. The first-order chi connectivity index (χ1) is 16.2. The summed E-state index contributed by atoms with van der Waals surface area (Å²) in [5.74, 6) is -1.00. The monoisotopic (exact) mass is 529 g/mol. The molecule has 3 rings (SSSR count). The van der Waals surface area contributed by atoms with E-state index in [0.717, 1.165) is 22.3 Å². The fourth-order valence-corrected chi connectivity index (χ4v) is 5.95. The van der Waals surface area contributed by atoms with Crippen molar-refractivity contribution in [1.82, 2.24) is 5.32 Å². The second-order valence-electron chi connectivity index (χ2n) is 9.29. The van der Waals surface area contributed by atoms with Crippen molar-refractivity contribution in [3.8, 4) is 11.1 Å². The first kappa shape index (κ1) is 25.8. The fourth-order valence-electron chi connectivity index (χ4n) is 4.02. The van der Waals surface area contributed by atoms with Gasteiger partial charge < -0.3 is 0 Å². The summed E-state index contributed by atoms with van der Waals surface area (Å²) in [5.41, 5.74) is 4.00. The van der Waals surface area contributed by atoms with E-state index in [1.165, 1.54) is 0 Å². The second-order valence-corrected chi connectivity index (χ2v) is 12.2. The number of fused-ring (bicyclic) bond motifs is 3. The molecule has 0 saturated carbocycles. The summed E-state index contributed by atoms with van der Waals surface area (Å²) < 4.78 is 9.69. The first-order valence-electron chi connectivity index (χ1n) is 11.5. The molecule has 0 heterocycles. The summed E-state index contributed by atoms with van der Waals surface area (Å²) >= 11 is -1.49. The number of amides is 1. The zero-order chi connectivity index (χ0) is 24.7. The molecule has 7 nitrogen and oxygen atoms in total. The van der Waals surface area contributed by atoms with Crippen molar-refractivity contribution >= 4 is 32.6 Å². The molecule has 0 radical (unpaired) electrons. The van der Waals surface area contributed by atoms with E-state index in [2.05, 4.69) is 29.6 Å². The van der Waals surface area contributed by atoms with E-state index < -0.39 is 38.1 Å². The molecule has 34 heavy (non-hydrogen) atoms. The summed E-state index contributed by atoms with van der Waals surface area (Å²) in [7, 11) is 0. The Morgan fingerprint density at radius 1 is 1.00 bits per heavy atom. The molecule has 2 aromatic rings. The van der Waals surface area contributed by atoms with Crippen LogP contribution in [0.1, 0.15) is 57.1 Å². The molecule has 1 amide bonds. The van der Waals surface area contributed by atoms with Crippen molar-refractivity contribution in [2.45, 2.75) is 56.3 Å². The van der Waals surface area contributed by atoms with Crippen LogP contribution in [0, 0.1) is 0 Å². The third-order valence-electron chi connectivity index (χ3n) is 5.52. The molecular weight excluding hydrogens is 497 g/mol. The van der Waals surface area contributed by atoms with Crippen molar-refractivity contribution < 1.29 is 29.0 Å². The van der Waals surface area contributed by atoms with Crippen LogP contribution in [0.4, 0.5) is 9.59 Å². The number of hydrogen-bond acceptors (Lipinski definition) is 5. The Balaban J connectivity index is 1.46. The third-order valence-corrected chi connectivity index (χ3v) is 8.17. The van der Waals surface area contributed by atoms with Crippen LogP contribution in [0.2, 0.25) is 4.71 Å². The van der Waals surface area contributed by atoms with E-state index in [0.29, 0.717) is 25.8 Å². The van der Waals surface area contributed by atoms with Gasteiger partial charge >= 0.3 is 207 Å². The van der Waals surface area contributed by atoms with Crippen LogP contribution in [-0.4, -0.2) is 56.4 Å². The number of benzene rings is 2. The number of alkyl carbamates (subject to hydrolysis) is 1. The van der Waals surface area contributed by atoms with Crippen LogP contribution >= 0.6 is 0 Å². The Kier molecular flexibility index (Phi) is 8.78. The summed E-state index contributed by atoms with van der Waals surface area (Å²) in [4.78, 5) is 35.9. The summed E-state index contributed by atoms with van der Waals surface area (Å²) in [6.45, 7) is 5.97. The second kappa shape index (κ2) is 11.6. The summed E-state index contributed by atoms with van der Waals surface area (Å²) in [6, 6.07) is 16.2. The number of ether oxygens (including phenoxy) is 2. The zero-order valence-corrected chi connectivity index (χ0v) is 21.9. The van der Waals surface area contributed by atoms with Gasteiger partial charge in [0.05, 0.1) is 0 Å². The topological polar surface area (TPSA) is 102 Å². The molecule has 8 heteroatoms. The van der Waals surface area contributed by atoms with Gasteiger partial charge in [0.15, 0.2) is 0 Å². The number of carbonyl (C=O) groups excluding carboxylic acids is 2. The van der Waals surface area contributed by atoms with E-state index in [4.69, 9.17) is 9.47 Å². The van der Waals surface area contributed by atoms with Gasteiger partial charge in [0.1, 0.15) is 0 Å². The van der Waals surface area contributed by atoms with Crippen LogP contribution in [-0.2, 0) is 14.3 Å². The van der Waals surface area contributed by atoms with Crippen LogP contribution < -0.4 is 5.32 Å². The average Bonchev–Trinajstić information content (AvgIpc) is 3.09. The Morgan fingerprint density at radius 2 is 1.59 bits per heavy atom. The number of nitrogens with one attached hydrogen (secondary N) is 1. The van der Waals surface area contributed by atoms with Gasteiger partial charge in [0, 0.05) is 0 Å². The van der Waals surface area contributed by atoms with Gasteiger partial charge in [0.25, 0.3) is 0 Å². The molecule has 0 aromatic heterocycles. The Bertz CT molecular complexity index is 986. The number of rotatable bonds is 10. The molecule has 2 atom stereocenters. The molecule has 0 fully saturated rings. The van der Waals surface area contributed by atoms with E-state index in [9.17, 15) is 19.5 Å². The zero-order valence-electron chi connectivity index (χ0n) is 19.8. The van der Waals surface area contributed by atoms with E-state index in [1.54, 1.807) is 20.8 Å².